The lowest BCUT2D eigenvalue weighted by molar-refractivity contribution is -0.147. The van der Waals surface area contributed by atoms with Crippen molar-refractivity contribution in [3.8, 4) is 5.75 Å². The number of Topliss-reactive ketones (excluding diaryl/α,β-unsaturated/α-hetero) is 1. The number of esters is 1. The molecule has 0 saturated carbocycles. The summed E-state index contributed by atoms with van der Waals surface area (Å²) < 4.78 is 16.8. The molecule has 1 N–H and O–H groups in total. The van der Waals surface area contributed by atoms with Crippen molar-refractivity contribution in [2.75, 3.05) is 33.9 Å². The molecule has 35 heavy (non-hydrogen) atoms. The molecule has 1 saturated heterocycles. The van der Waals surface area contributed by atoms with E-state index in [0.717, 1.165) is 23.1 Å². The number of ether oxygens (including phenoxy) is 3. The number of rotatable bonds is 8. The van der Waals surface area contributed by atoms with Gasteiger partial charge in [0.05, 0.1) is 12.3 Å². The van der Waals surface area contributed by atoms with Gasteiger partial charge in [-0.15, -0.1) is 0 Å². The number of nitrogens with zero attached hydrogens (tertiary/aromatic N) is 3. The zero-order valence-electron chi connectivity index (χ0n) is 20.2. The Morgan fingerprint density at radius 3 is 2.89 bits per heavy atom. The maximum absolute atomic E-state index is 13.2. The first-order chi connectivity index (χ1) is 16.9. The Balaban J connectivity index is 1.64. The van der Waals surface area contributed by atoms with Gasteiger partial charge in [0.1, 0.15) is 18.0 Å². The van der Waals surface area contributed by atoms with Crippen LogP contribution < -0.4 is 4.74 Å². The molecule has 0 bridgehead atoms. The average molecular weight is 477 g/mol. The third kappa shape index (κ3) is 5.41. The lowest BCUT2D eigenvalue weighted by Gasteiger charge is -2.12. The van der Waals surface area contributed by atoms with Crippen LogP contribution in [0, 0.1) is 12.8 Å². The quantitative estimate of drug-likeness (QED) is 0.300. The summed E-state index contributed by atoms with van der Waals surface area (Å²) in [5, 5.41) is 0.829. The van der Waals surface area contributed by atoms with Crippen LogP contribution in [0.1, 0.15) is 18.1 Å². The van der Waals surface area contributed by atoms with Crippen LogP contribution in [0.4, 0.5) is 5.69 Å². The number of aromatic amines is 1. The summed E-state index contributed by atoms with van der Waals surface area (Å²) in [6.45, 7) is 5.05. The van der Waals surface area contributed by atoms with Crippen molar-refractivity contribution in [1.29, 1.82) is 0 Å². The number of ketones is 1. The fraction of sp³-hybridized carbons (Fsp3) is 0.308. The number of nitrogens with one attached hydrogen (secondary N) is 1. The van der Waals surface area contributed by atoms with E-state index in [9.17, 15) is 9.59 Å². The van der Waals surface area contributed by atoms with Crippen molar-refractivity contribution >= 4 is 40.4 Å². The van der Waals surface area contributed by atoms with Crippen LogP contribution in [0.25, 0.3) is 17.1 Å². The number of H-pyrrole nitrogens is 1. The number of fused-ring (bicyclic) bond motifs is 1. The molecule has 4 rings (SSSR count). The minimum atomic E-state index is -1.26. The topological polar surface area (TPSA) is 106 Å². The largest absolute Gasteiger partial charge is 0.492 e. The van der Waals surface area contributed by atoms with Crippen LogP contribution in [0.15, 0.2) is 53.5 Å². The Hall–Kier alpha value is -3.98. The fourth-order valence-corrected chi connectivity index (χ4v) is 3.64. The number of aliphatic imine (C=N–C) groups is 1. The zero-order chi connectivity index (χ0) is 24.9. The van der Waals surface area contributed by atoms with Crippen LogP contribution in [0.2, 0.25) is 0 Å². The molecule has 1 atom stereocenters. The highest BCUT2D eigenvalue weighted by Crippen LogP contribution is 2.31. The Kier molecular flexibility index (Phi) is 7.26. The summed E-state index contributed by atoms with van der Waals surface area (Å²) in [5.41, 5.74) is 2.79. The monoisotopic (exact) mass is 476 g/mol. The number of hydrogen-bond acceptors (Lipinski definition) is 8. The fourth-order valence-electron chi connectivity index (χ4n) is 3.64. The number of benzene rings is 1. The molecule has 1 aromatic carbocycles. The van der Waals surface area contributed by atoms with Gasteiger partial charge in [0.25, 0.3) is 0 Å². The van der Waals surface area contributed by atoms with E-state index in [2.05, 4.69) is 15.0 Å². The molecule has 0 aliphatic carbocycles. The minimum Gasteiger partial charge on any atom is -0.492 e. The molecule has 0 radical (unpaired) electrons. The lowest BCUT2D eigenvalue weighted by atomic mass is 10.0. The van der Waals surface area contributed by atoms with Crippen LogP contribution in [-0.2, 0) is 19.1 Å². The van der Waals surface area contributed by atoms with Crippen molar-refractivity contribution in [1.82, 2.24) is 14.9 Å². The van der Waals surface area contributed by atoms with Crippen LogP contribution in [0.3, 0.4) is 0 Å². The molecule has 0 spiro atoms. The molecule has 1 aliphatic heterocycles. The molecule has 182 valence electrons. The molecule has 1 fully saturated rings. The first-order valence-electron chi connectivity index (χ1n) is 11.4. The van der Waals surface area contributed by atoms with Gasteiger partial charge >= 0.3 is 5.97 Å². The maximum atomic E-state index is 13.2. The van der Waals surface area contributed by atoms with Crippen LogP contribution >= 0.6 is 0 Å². The van der Waals surface area contributed by atoms with Gasteiger partial charge < -0.3 is 24.1 Å². The third-order valence-electron chi connectivity index (χ3n) is 5.46. The first kappa shape index (κ1) is 24.2. The average Bonchev–Trinajstić information content (AvgIpc) is 3.36. The van der Waals surface area contributed by atoms with Gasteiger partial charge in [-0.1, -0.05) is 0 Å². The standard InChI is InChI=1S/C26H28N4O5/c1-5-33-26(32)22-23(31)21(14-17-15-28-24-19(17)7-6-10-27-24)35-25(22)29-20-9-8-18(13-16(20)2)34-12-11-30(3)4/h6-10,13-15,22H,5,11-12H2,1-4H3,(H,27,28)/b21-14-,29-25?. The molecule has 1 unspecified atom stereocenters. The molecular formula is C26H28N4O5. The number of pyridine rings is 1. The Morgan fingerprint density at radius 1 is 1.31 bits per heavy atom. The number of aromatic nitrogens is 2. The number of carbonyl (C=O) groups excluding carboxylic acids is 2. The predicted molar refractivity (Wildman–Crippen MR) is 133 cm³/mol. The second-order valence-electron chi connectivity index (χ2n) is 8.35. The van der Waals surface area contributed by atoms with Crippen molar-refractivity contribution in [2.24, 2.45) is 10.9 Å². The first-order valence-corrected chi connectivity index (χ1v) is 11.4. The van der Waals surface area contributed by atoms with Gasteiger partial charge in [-0.2, -0.15) is 0 Å². The molecule has 9 heteroatoms. The summed E-state index contributed by atoms with van der Waals surface area (Å²) in [6.07, 6.45) is 5.00. The van der Waals surface area contributed by atoms with Crippen LogP contribution in [0.5, 0.6) is 5.75 Å². The van der Waals surface area contributed by atoms with Gasteiger partial charge in [-0.05, 0) is 69.9 Å². The molecule has 2 aromatic heterocycles. The summed E-state index contributed by atoms with van der Waals surface area (Å²) in [4.78, 5) is 39.7. The van der Waals surface area contributed by atoms with E-state index >= 15 is 0 Å². The molecule has 3 aromatic rings. The van der Waals surface area contributed by atoms with Crippen molar-refractivity contribution in [3.05, 3.63) is 59.6 Å². The Labute approximate surface area is 203 Å². The van der Waals surface area contributed by atoms with Gasteiger partial charge in [0.15, 0.2) is 11.7 Å². The number of aryl methyl sites for hydroxylation is 1. The Morgan fingerprint density at radius 2 is 2.14 bits per heavy atom. The number of likely N-dealkylation sites (N-methyl/N-ethyl adjacent to an activating group) is 1. The summed E-state index contributed by atoms with van der Waals surface area (Å²) in [6, 6.07) is 9.12. The number of carbonyl (C=O) groups is 2. The maximum Gasteiger partial charge on any atom is 0.326 e. The zero-order valence-corrected chi connectivity index (χ0v) is 20.2. The summed E-state index contributed by atoms with van der Waals surface area (Å²) in [5.74, 6) is -1.73. The van der Waals surface area contributed by atoms with Crippen molar-refractivity contribution < 1.29 is 23.8 Å². The predicted octanol–water partition coefficient (Wildman–Crippen LogP) is 3.66. The molecule has 9 nitrogen and oxygen atoms in total. The van der Waals surface area contributed by atoms with E-state index in [1.54, 1.807) is 43.6 Å². The minimum absolute atomic E-state index is 0.0120. The van der Waals surface area contributed by atoms with Gasteiger partial charge in [-0.3, -0.25) is 9.59 Å². The summed E-state index contributed by atoms with van der Waals surface area (Å²) >= 11 is 0. The number of allylic oxidation sites excluding steroid dienone is 1. The second kappa shape index (κ2) is 10.5. The molecule has 1 aliphatic rings. The van der Waals surface area contributed by atoms with E-state index < -0.39 is 17.7 Å². The second-order valence-corrected chi connectivity index (χ2v) is 8.35. The van der Waals surface area contributed by atoms with E-state index in [-0.39, 0.29) is 18.3 Å². The summed E-state index contributed by atoms with van der Waals surface area (Å²) in [7, 11) is 3.96. The smallest absolute Gasteiger partial charge is 0.326 e. The van der Waals surface area contributed by atoms with Crippen molar-refractivity contribution in [3.63, 3.8) is 0 Å². The lowest BCUT2D eigenvalue weighted by Crippen LogP contribution is -2.27. The van der Waals surface area contributed by atoms with Gasteiger partial charge in [-0.25, -0.2) is 9.98 Å². The highest BCUT2D eigenvalue weighted by molar-refractivity contribution is 6.27. The Bertz CT molecular complexity index is 1310. The molecule has 3 heterocycles. The number of hydrogen-bond donors (Lipinski definition) is 1. The van der Waals surface area contributed by atoms with E-state index in [1.807, 2.05) is 38.1 Å². The molecular weight excluding hydrogens is 448 g/mol. The highest BCUT2D eigenvalue weighted by atomic mass is 16.5. The van der Waals surface area contributed by atoms with E-state index in [0.29, 0.717) is 23.7 Å². The van der Waals surface area contributed by atoms with Crippen LogP contribution in [-0.4, -0.2) is 66.4 Å². The molecule has 0 amide bonds. The highest BCUT2D eigenvalue weighted by Gasteiger charge is 2.44. The van der Waals surface area contributed by atoms with Crippen molar-refractivity contribution in [2.45, 2.75) is 13.8 Å². The van der Waals surface area contributed by atoms with E-state index in [1.165, 1.54) is 0 Å². The third-order valence-corrected chi connectivity index (χ3v) is 5.46. The van der Waals surface area contributed by atoms with Gasteiger partial charge in [0, 0.05) is 29.9 Å². The van der Waals surface area contributed by atoms with Gasteiger partial charge in [0.2, 0.25) is 11.7 Å². The SMILES string of the molecule is CCOC(=O)C1C(=O)/C(=C/c2c[nH]c3ncccc23)OC1=Nc1ccc(OCCN(C)C)cc1C. The van der Waals surface area contributed by atoms with E-state index in [4.69, 9.17) is 14.2 Å². The normalized spacial score (nSPS) is 18.0.